The number of carbonyl (C=O) groups excluding carboxylic acids is 2. The van der Waals surface area contributed by atoms with Crippen LogP contribution in [0.3, 0.4) is 0 Å². The first-order valence-corrected chi connectivity index (χ1v) is 12.9. The number of aromatic nitrogens is 2. The summed E-state index contributed by atoms with van der Waals surface area (Å²) in [6.07, 6.45) is 4.08. The van der Waals surface area contributed by atoms with Gasteiger partial charge in [0.2, 0.25) is 11.9 Å². The molecular formula is C31H32N4O3. The molecule has 4 aromatic rings. The molecule has 5 rings (SSSR count). The van der Waals surface area contributed by atoms with Crippen molar-refractivity contribution in [2.45, 2.75) is 26.7 Å². The second-order valence-corrected chi connectivity index (χ2v) is 9.93. The first kappa shape index (κ1) is 25.3. The van der Waals surface area contributed by atoms with Crippen molar-refractivity contribution in [1.82, 2.24) is 14.5 Å². The van der Waals surface area contributed by atoms with Crippen molar-refractivity contribution < 1.29 is 14.3 Å². The Morgan fingerprint density at radius 2 is 1.58 bits per heavy atom. The normalized spacial score (nSPS) is 12.7. The van der Waals surface area contributed by atoms with Gasteiger partial charge >= 0.3 is 0 Å². The molecule has 0 atom stereocenters. The summed E-state index contributed by atoms with van der Waals surface area (Å²) in [5.74, 6) is 1.07. The first-order chi connectivity index (χ1) is 18.4. The number of anilines is 1. The highest BCUT2D eigenvalue weighted by Crippen LogP contribution is 2.30. The largest absolute Gasteiger partial charge is 0.497 e. The van der Waals surface area contributed by atoms with E-state index in [9.17, 15) is 9.59 Å². The zero-order valence-corrected chi connectivity index (χ0v) is 22.0. The van der Waals surface area contributed by atoms with E-state index in [1.165, 1.54) is 0 Å². The average Bonchev–Trinajstić information content (AvgIpc) is 3.66. The maximum Gasteiger partial charge on any atom is 0.254 e. The molecule has 1 N–H and O–H groups in total. The van der Waals surface area contributed by atoms with Crippen molar-refractivity contribution >= 4 is 17.8 Å². The van der Waals surface area contributed by atoms with Crippen LogP contribution in [0, 0.1) is 19.8 Å². The van der Waals surface area contributed by atoms with Gasteiger partial charge in [-0.25, -0.2) is 4.98 Å². The van der Waals surface area contributed by atoms with E-state index >= 15 is 0 Å². The lowest BCUT2D eigenvalue weighted by Crippen LogP contribution is -2.39. The van der Waals surface area contributed by atoms with Gasteiger partial charge in [-0.1, -0.05) is 47.5 Å². The SMILES string of the molecule is COc1ccc(C(=O)N(CC(=O)Nc2nc(-c3ccc(C)cc3)cn2-c2ccc(C)cc2)CC2CC2)cc1. The first-order valence-electron chi connectivity index (χ1n) is 12.9. The number of aryl methyl sites for hydroxylation is 2. The summed E-state index contributed by atoms with van der Waals surface area (Å²) in [5.41, 5.74) is 5.44. The standard InChI is InChI=1S/C31H32N4O3/c1-21-4-10-24(11-5-21)28-19-35(26-14-6-22(2)7-15-26)31(32-28)33-29(36)20-34(18-23-8-9-23)30(37)25-12-16-27(38-3)17-13-25/h4-7,10-17,19,23H,8-9,18,20H2,1-3H3,(H,32,33,36). The number of benzene rings is 3. The molecule has 0 aliphatic heterocycles. The fourth-order valence-corrected chi connectivity index (χ4v) is 4.32. The Bertz CT molecular complexity index is 1420. The van der Waals surface area contributed by atoms with Gasteiger partial charge in [-0.15, -0.1) is 0 Å². The zero-order chi connectivity index (χ0) is 26.6. The van der Waals surface area contributed by atoms with Gasteiger partial charge < -0.3 is 9.64 Å². The summed E-state index contributed by atoms with van der Waals surface area (Å²) in [6.45, 7) is 4.58. The van der Waals surface area contributed by atoms with Gasteiger partial charge in [0, 0.05) is 29.6 Å². The number of methoxy groups -OCH3 is 1. The molecule has 1 aliphatic carbocycles. The van der Waals surface area contributed by atoms with Gasteiger partial charge in [0.15, 0.2) is 0 Å². The van der Waals surface area contributed by atoms with Gasteiger partial charge in [-0.05, 0) is 69.0 Å². The van der Waals surface area contributed by atoms with Crippen LogP contribution in [-0.4, -0.2) is 46.5 Å². The highest BCUT2D eigenvalue weighted by atomic mass is 16.5. The highest BCUT2D eigenvalue weighted by molar-refractivity contribution is 5.99. The molecule has 3 aromatic carbocycles. The fraction of sp³-hybridized carbons (Fsp3) is 0.258. The number of ether oxygens (including phenoxy) is 1. The molecule has 0 spiro atoms. The third-order valence-corrected chi connectivity index (χ3v) is 6.75. The second kappa shape index (κ2) is 10.9. The van der Waals surface area contributed by atoms with E-state index in [2.05, 4.69) is 5.32 Å². The van der Waals surface area contributed by atoms with Crippen LogP contribution < -0.4 is 10.1 Å². The molecule has 7 heteroatoms. The Morgan fingerprint density at radius 3 is 2.18 bits per heavy atom. The predicted molar refractivity (Wildman–Crippen MR) is 149 cm³/mol. The molecule has 7 nitrogen and oxygen atoms in total. The average molecular weight is 509 g/mol. The Labute approximate surface area is 223 Å². The van der Waals surface area contributed by atoms with Crippen LogP contribution in [-0.2, 0) is 4.79 Å². The van der Waals surface area contributed by atoms with Gasteiger partial charge in [0.1, 0.15) is 12.3 Å². The molecule has 2 amide bonds. The van der Waals surface area contributed by atoms with Crippen LogP contribution in [0.15, 0.2) is 79.0 Å². The fourth-order valence-electron chi connectivity index (χ4n) is 4.32. The lowest BCUT2D eigenvalue weighted by Gasteiger charge is -2.22. The van der Waals surface area contributed by atoms with Crippen molar-refractivity contribution in [2.24, 2.45) is 5.92 Å². The third-order valence-electron chi connectivity index (χ3n) is 6.75. The molecule has 0 bridgehead atoms. The third kappa shape index (κ3) is 5.94. The van der Waals surface area contributed by atoms with E-state index < -0.39 is 0 Å². The number of nitrogens with zero attached hydrogens (tertiary/aromatic N) is 3. The predicted octanol–water partition coefficient (Wildman–Crippen LogP) is 5.66. The van der Waals surface area contributed by atoms with Gasteiger partial charge in [0.25, 0.3) is 5.91 Å². The molecule has 0 radical (unpaired) electrons. The Kier molecular flexibility index (Phi) is 7.26. The van der Waals surface area contributed by atoms with Crippen LogP contribution in [0.25, 0.3) is 16.9 Å². The molecule has 1 heterocycles. The number of hydrogen-bond acceptors (Lipinski definition) is 4. The van der Waals surface area contributed by atoms with Crippen LogP contribution >= 0.6 is 0 Å². The van der Waals surface area contributed by atoms with Crippen molar-refractivity contribution in [1.29, 1.82) is 0 Å². The maximum absolute atomic E-state index is 13.3. The number of amides is 2. The molecule has 1 aliphatic rings. The van der Waals surface area contributed by atoms with Crippen LogP contribution in [0.2, 0.25) is 0 Å². The summed E-state index contributed by atoms with van der Waals surface area (Å²) in [6, 6.07) is 23.2. The van der Waals surface area contributed by atoms with Gasteiger partial charge in [0.05, 0.1) is 12.8 Å². The molecule has 1 saturated carbocycles. The summed E-state index contributed by atoms with van der Waals surface area (Å²) >= 11 is 0. The molecule has 0 saturated heterocycles. The van der Waals surface area contributed by atoms with Gasteiger partial charge in [-0.3, -0.25) is 19.5 Å². The van der Waals surface area contributed by atoms with Crippen LogP contribution in [0.1, 0.15) is 34.3 Å². The lowest BCUT2D eigenvalue weighted by molar-refractivity contribution is -0.117. The number of imidazole rings is 1. The van der Waals surface area contributed by atoms with Crippen molar-refractivity contribution in [3.63, 3.8) is 0 Å². The molecule has 1 fully saturated rings. The summed E-state index contributed by atoms with van der Waals surface area (Å²) in [7, 11) is 1.59. The molecule has 0 unspecified atom stereocenters. The van der Waals surface area contributed by atoms with E-state index in [1.54, 1.807) is 36.3 Å². The monoisotopic (exact) mass is 508 g/mol. The highest BCUT2D eigenvalue weighted by Gasteiger charge is 2.29. The zero-order valence-electron chi connectivity index (χ0n) is 22.0. The summed E-state index contributed by atoms with van der Waals surface area (Å²) in [4.78, 5) is 33.0. The molecule has 38 heavy (non-hydrogen) atoms. The smallest absolute Gasteiger partial charge is 0.254 e. The Balaban J connectivity index is 1.39. The maximum atomic E-state index is 13.3. The van der Waals surface area contributed by atoms with E-state index in [0.29, 0.717) is 29.7 Å². The number of hydrogen-bond donors (Lipinski definition) is 1. The molecule has 1 aromatic heterocycles. The second-order valence-electron chi connectivity index (χ2n) is 9.93. The van der Waals surface area contributed by atoms with Crippen molar-refractivity contribution in [3.8, 4) is 22.7 Å². The number of nitrogens with one attached hydrogen (secondary N) is 1. The van der Waals surface area contributed by atoms with E-state index in [4.69, 9.17) is 9.72 Å². The minimum absolute atomic E-state index is 0.0536. The topological polar surface area (TPSA) is 76.5 Å². The molecule has 194 valence electrons. The van der Waals surface area contributed by atoms with Crippen molar-refractivity contribution in [3.05, 3.63) is 95.7 Å². The van der Waals surface area contributed by atoms with Crippen LogP contribution in [0.5, 0.6) is 5.75 Å². The minimum atomic E-state index is -0.290. The lowest BCUT2D eigenvalue weighted by atomic mass is 10.1. The van der Waals surface area contributed by atoms with Gasteiger partial charge in [-0.2, -0.15) is 0 Å². The van der Waals surface area contributed by atoms with Crippen LogP contribution in [0.4, 0.5) is 5.95 Å². The number of rotatable bonds is 9. The Morgan fingerprint density at radius 1 is 0.947 bits per heavy atom. The summed E-state index contributed by atoms with van der Waals surface area (Å²) in [5, 5.41) is 2.97. The van der Waals surface area contributed by atoms with E-state index in [0.717, 1.165) is 40.9 Å². The Hall–Kier alpha value is -4.39. The van der Waals surface area contributed by atoms with E-state index in [1.807, 2.05) is 73.1 Å². The van der Waals surface area contributed by atoms with Crippen molar-refractivity contribution in [2.75, 3.05) is 25.5 Å². The quantitative estimate of drug-likeness (QED) is 0.317. The molecular weight excluding hydrogens is 476 g/mol. The minimum Gasteiger partial charge on any atom is -0.497 e. The summed E-state index contributed by atoms with van der Waals surface area (Å²) < 4.78 is 7.09. The van der Waals surface area contributed by atoms with E-state index in [-0.39, 0.29) is 18.4 Å². The number of carbonyl (C=O) groups is 2.